The molecule has 0 atom stereocenters. The van der Waals surface area contributed by atoms with Gasteiger partial charge < -0.3 is 4.74 Å². The van der Waals surface area contributed by atoms with Crippen LogP contribution in [0, 0.1) is 0 Å². The molecule has 15 heavy (non-hydrogen) atoms. The summed E-state index contributed by atoms with van der Waals surface area (Å²) in [6.45, 7) is 5.56. The van der Waals surface area contributed by atoms with Crippen LogP contribution in [0.4, 0.5) is 0 Å². The number of ether oxygens (including phenoxy) is 1. The van der Waals surface area contributed by atoms with Crippen molar-refractivity contribution >= 4 is 0 Å². The predicted octanol–water partition coefficient (Wildman–Crippen LogP) is 1.66. The van der Waals surface area contributed by atoms with Gasteiger partial charge in [-0.05, 0) is 26.7 Å². The first-order chi connectivity index (χ1) is 7.16. The Bertz CT molecular complexity index is 339. The smallest absolute Gasteiger partial charge is 0.328 e. The minimum absolute atomic E-state index is 0.0856. The van der Waals surface area contributed by atoms with Crippen LogP contribution in [0.15, 0.2) is 17.2 Å². The first kappa shape index (κ1) is 12.0. The summed E-state index contributed by atoms with van der Waals surface area (Å²) in [6, 6.07) is 0.234. The fourth-order valence-electron chi connectivity index (χ4n) is 1.52. The zero-order chi connectivity index (χ0) is 11.3. The van der Waals surface area contributed by atoms with Crippen molar-refractivity contribution in [2.24, 2.45) is 0 Å². The number of unbranched alkanes of at least 4 members (excludes halogenated alkanes) is 1. The lowest BCUT2D eigenvalue weighted by molar-refractivity contribution is 0.191. The van der Waals surface area contributed by atoms with E-state index in [1.807, 2.05) is 26.2 Å². The molecule has 4 heteroatoms. The van der Waals surface area contributed by atoms with Gasteiger partial charge in [0.25, 0.3) is 0 Å². The van der Waals surface area contributed by atoms with Gasteiger partial charge in [0.1, 0.15) is 0 Å². The van der Waals surface area contributed by atoms with Gasteiger partial charge in [-0.25, -0.2) is 4.79 Å². The van der Waals surface area contributed by atoms with Gasteiger partial charge in [0, 0.05) is 38.7 Å². The second-order valence-corrected chi connectivity index (χ2v) is 3.98. The van der Waals surface area contributed by atoms with Gasteiger partial charge in [0.2, 0.25) is 0 Å². The van der Waals surface area contributed by atoms with Crippen LogP contribution in [-0.2, 0) is 11.3 Å². The van der Waals surface area contributed by atoms with Crippen molar-refractivity contribution in [3.63, 3.8) is 0 Å². The van der Waals surface area contributed by atoms with Gasteiger partial charge in [-0.3, -0.25) is 9.13 Å². The number of imidazole rings is 1. The largest absolute Gasteiger partial charge is 0.385 e. The van der Waals surface area contributed by atoms with Crippen LogP contribution in [0.1, 0.15) is 32.7 Å². The molecule has 1 aromatic heterocycles. The highest BCUT2D eigenvalue weighted by molar-refractivity contribution is 4.83. The van der Waals surface area contributed by atoms with Crippen molar-refractivity contribution in [1.29, 1.82) is 0 Å². The van der Waals surface area contributed by atoms with E-state index in [1.165, 1.54) is 0 Å². The highest BCUT2D eigenvalue weighted by Crippen LogP contribution is 2.00. The third-order valence-electron chi connectivity index (χ3n) is 2.43. The molecule has 0 aromatic carbocycles. The van der Waals surface area contributed by atoms with Gasteiger partial charge in [-0.2, -0.15) is 0 Å². The minimum Gasteiger partial charge on any atom is -0.385 e. The van der Waals surface area contributed by atoms with Gasteiger partial charge in [-0.15, -0.1) is 0 Å². The van der Waals surface area contributed by atoms with Crippen LogP contribution >= 0.6 is 0 Å². The summed E-state index contributed by atoms with van der Waals surface area (Å²) in [5.74, 6) is 0. The summed E-state index contributed by atoms with van der Waals surface area (Å²) in [5, 5.41) is 0. The Morgan fingerprint density at radius 2 is 2.07 bits per heavy atom. The van der Waals surface area contributed by atoms with Crippen LogP contribution < -0.4 is 5.69 Å². The van der Waals surface area contributed by atoms with Crippen LogP contribution in [0.2, 0.25) is 0 Å². The van der Waals surface area contributed by atoms with E-state index in [-0.39, 0.29) is 11.7 Å². The number of methoxy groups -OCH3 is 1. The van der Waals surface area contributed by atoms with E-state index in [9.17, 15) is 4.79 Å². The number of nitrogens with zero attached hydrogens (tertiary/aromatic N) is 2. The van der Waals surface area contributed by atoms with Crippen LogP contribution in [-0.4, -0.2) is 22.9 Å². The second kappa shape index (κ2) is 5.75. The monoisotopic (exact) mass is 212 g/mol. The van der Waals surface area contributed by atoms with Crippen LogP contribution in [0.25, 0.3) is 0 Å². The first-order valence-corrected chi connectivity index (χ1v) is 5.43. The van der Waals surface area contributed by atoms with Crippen molar-refractivity contribution in [3.8, 4) is 0 Å². The minimum atomic E-state index is 0.0856. The maximum absolute atomic E-state index is 11.8. The third-order valence-corrected chi connectivity index (χ3v) is 2.43. The Hall–Kier alpha value is -1.03. The molecule has 1 rings (SSSR count). The summed E-state index contributed by atoms with van der Waals surface area (Å²) in [6.07, 6.45) is 5.68. The first-order valence-electron chi connectivity index (χ1n) is 5.43. The van der Waals surface area contributed by atoms with Crippen molar-refractivity contribution in [1.82, 2.24) is 9.13 Å². The average Bonchev–Trinajstić information content (AvgIpc) is 2.55. The highest BCUT2D eigenvalue weighted by atomic mass is 16.5. The van der Waals surface area contributed by atoms with E-state index < -0.39 is 0 Å². The molecule has 0 fully saturated rings. The summed E-state index contributed by atoms with van der Waals surface area (Å²) in [5.41, 5.74) is 0.0856. The van der Waals surface area contributed by atoms with Gasteiger partial charge in [-0.1, -0.05) is 0 Å². The molecule has 0 unspecified atom stereocenters. The predicted molar refractivity (Wildman–Crippen MR) is 60.2 cm³/mol. The summed E-state index contributed by atoms with van der Waals surface area (Å²) in [7, 11) is 1.70. The maximum atomic E-state index is 11.8. The van der Waals surface area contributed by atoms with Crippen molar-refractivity contribution in [3.05, 3.63) is 22.9 Å². The van der Waals surface area contributed by atoms with E-state index in [4.69, 9.17) is 4.74 Å². The molecular formula is C11H20N2O2. The van der Waals surface area contributed by atoms with Crippen LogP contribution in [0.5, 0.6) is 0 Å². The molecule has 0 spiro atoms. The highest BCUT2D eigenvalue weighted by Gasteiger charge is 2.04. The number of rotatable bonds is 6. The number of hydrogen-bond acceptors (Lipinski definition) is 2. The van der Waals surface area contributed by atoms with E-state index in [1.54, 1.807) is 16.2 Å². The zero-order valence-electron chi connectivity index (χ0n) is 9.77. The lowest BCUT2D eigenvalue weighted by Gasteiger charge is -2.04. The molecule has 0 bridgehead atoms. The van der Waals surface area contributed by atoms with Crippen molar-refractivity contribution in [2.45, 2.75) is 39.3 Å². The van der Waals surface area contributed by atoms with E-state index in [0.717, 1.165) is 26.0 Å². The summed E-state index contributed by atoms with van der Waals surface area (Å²) < 4.78 is 8.47. The Morgan fingerprint density at radius 3 is 2.60 bits per heavy atom. The second-order valence-electron chi connectivity index (χ2n) is 3.98. The molecule has 0 aliphatic rings. The number of hydrogen-bond donors (Lipinski definition) is 0. The summed E-state index contributed by atoms with van der Waals surface area (Å²) in [4.78, 5) is 11.8. The molecule has 0 N–H and O–H groups in total. The van der Waals surface area contributed by atoms with Crippen molar-refractivity contribution < 1.29 is 4.74 Å². The number of aryl methyl sites for hydroxylation is 1. The normalized spacial score (nSPS) is 11.2. The molecule has 1 heterocycles. The Labute approximate surface area is 90.5 Å². The molecule has 1 aromatic rings. The Kier molecular flexibility index (Phi) is 4.62. The fraction of sp³-hybridized carbons (Fsp3) is 0.727. The van der Waals surface area contributed by atoms with Gasteiger partial charge in [0.05, 0.1) is 0 Å². The Morgan fingerprint density at radius 1 is 1.33 bits per heavy atom. The lowest BCUT2D eigenvalue weighted by Crippen LogP contribution is -2.25. The average molecular weight is 212 g/mol. The maximum Gasteiger partial charge on any atom is 0.328 e. The Balaban J connectivity index is 2.52. The number of aromatic nitrogens is 2. The topological polar surface area (TPSA) is 36.2 Å². The molecule has 0 aliphatic carbocycles. The van der Waals surface area contributed by atoms with Crippen molar-refractivity contribution in [2.75, 3.05) is 13.7 Å². The molecule has 0 saturated carbocycles. The standard InChI is InChI=1S/C11H20N2O2/c1-10(2)13-8-7-12(11(13)14)6-4-5-9-15-3/h7-8,10H,4-6,9H2,1-3H3. The molecule has 0 amide bonds. The zero-order valence-corrected chi connectivity index (χ0v) is 9.77. The van der Waals surface area contributed by atoms with E-state index >= 15 is 0 Å². The van der Waals surface area contributed by atoms with Crippen LogP contribution in [0.3, 0.4) is 0 Å². The molecular weight excluding hydrogens is 192 g/mol. The molecule has 0 radical (unpaired) electrons. The van der Waals surface area contributed by atoms with E-state index in [0.29, 0.717) is 0 Å². The van der Waals surface area contributed by atoms with E-state index in [2.05, 4.69) is 0 Å². The molecule has 0 aliphatic heterocycles. The molecule has 4 nitrogen and oxygen atoms in total. The fourth-order valence-corrected chi connectivity index (χ4v) is 1.52. The molecule has 86 valence electrons. The quantitative estimate of drug-likeness (QED) is 0.672. The van der Waals surface area contributed by atoms with Gasteiger partial charge in [0.15, 0.2) is 0 Å². The SMILES string of the molecule is COCCCCn1ccn(C(C)C)c1=O. The lowest BCUT2D eigenvalue weighted by atomic mass is 10.3. The third kappa shape index (κ3) is 3.23. The summed E-state index contributed by atoms with van der Waals surface area (Å²) >= 11 is 0. The van der Waals surface area contributed by atoms with Gasteiger partial charge >= 0.3 is 5.69 Å². The molecule has 0 saturated heterocycles.